The van der Waals surface area contributed by atoms with E-state index >= 15 is 0 Å². The van der Waals surface area contributed by atoms with Gasteiger partial charge in [-0.05, 0) is 366 Å². The molecule has 28 aromatic rings. The van der Waals surface area contributed by atoms with Crippen molar-refractivity contribution in [1.29, 1.82) is 0 Å². The molecule has 0 atom stereocenters. The normalized spacial score (nSPS) is 13.5. The minimum absolute atomic E-state index is 0.755. The molecule has 0 saturated heterocycles. The standard InChI is InChI=1S/4C31H18N4/c1-2-6-20-17(5-1)15-18-9-12-22-24(26(18)20)16-19-10-11-21-23-7-3-14-33-30(23)35-25-8-4-13-32-29(25)34-31(35)28(21)27(19)22;1-2-6-19-17(5-1)15-24-20(19)11-12-22-25(24)16-18-9-10-21-23-7-3-14-33-30(23)35-26-8-4-13-32-29(26)34-31(35)28(21)27(18)22;1-2-6-21-17(5-1)13-19-16-25-20(15-24(19)21)14-18-9-10-22-23-7-3-12-33-30(23)35-26-8-4-11-32-29(26)34-31(35)28(22)27(18)25;1-2-6-21-17(5-1)13-19-15-20-14-18-9-10-22-23-7-3-12-33-30(23)35-26-8-4-11-32-29(26)34-31(35)28(22)27(18)25(20)16-24(19)21/h2*1-14H,15-16H2;2*1-12,15-16H,13-14H2. The second-order valence-electron chi connectivity index (χ2n) is 38.7. The maximum Gasteiger partial charge on any atom is 0.178 e. The average molecular weight is 1790 g/mol. The molecule has 16 nitrogen and oxygen atoms in total. The van der Waals surface area contributed by atoms with Crippen molar-refractivity contribution in [3.8, 4) is 89.0 Å². The zero-order chi connectivity index (χ0) is 90.7. The predicted octanol–water partition coefficient (Wildman–Crippen LogP) is 26.9. The minimum atomic E-state index is 0.755. The van der Waals surface area contributed by atoms with Crippen LogP contribution in [-0.4, -0.2) is 77.4 Å². The highest BCUT2D eigenvalue weighted by Gasteiger charge is 2.37. The van der Waals surface area contributed by atoms with Crippen LogP contribution in [0.1, 0.15) is 89.0 Å². The van der Waals surface area contributed by atoms with Gasteiger partial charge in [0.25, 0.3) is 0 Å². The maximum atomic E-state index is 5.06. The lowest BCUT2D eigenvalue weighted by molar-refractivity contribution is 1.16. The molecular weight excluding hydrogens is 1710 g/mol. The first-order valence-electron chi connectivity index (χ1n) is 48.2. The quantitative estimate of drug-likeness (QED) is 0.132. The van der Waals surface area contributed by atoms with E-state index < -0.39 is 0 Å². The van der Waals surface area contributed by atoms with Gasteiger partial charge in [-0.25, -0.2) is 59.8 Å². The first-order chi connectivity index (χ1) is 69.4. The Balaban J connectivity index is 0.0000000829. The van der Waals surface area contributed by atoms with Gasteiger partial charge >= 0.3 is 0 Å². The van der Waals surface area contributed by atoms with E-state index in [9.17, 15) is 0 Å². The van der Waals surface area contributed by atoms with E-state index in [0.29, 0.717) is 0 Å². The predicted molar refractivity (Wildman–Crippen MR) is 559 cm³/mol. The second-order valence-corrected chi connectivity index (χ2v) is 38.7. The summed E-state index contributed by atoms with van der Waals surface area (Å²) in [5.74, 6) is 0. The summed E-state index contributed by atoms with van der Waals surface area (Å²) < 4.78 is 8.78. The van der Waals surface area contributed by atoms with E-state index in [4.69, 9.17) is 39.9 Å². The van der Waals surface area contributed by atoms with Crippen molar-refractivity contribution >= 4 is 154 Å². The fraction of sp³-hybridized carbons (Fsp3) is 0.0645. The summed E-state index contributed by atoms with van der Waals surface area (Å²) in [6.45, 7) is 0. The summed E-state index contributed by atoms with van der Waals surface area (Å²) in [5, 5.41) is 14.2. The van der Waals surface area contributed by atoms with Crippen molar-refractivity contribution < 1.29 is 0 Å². The molecule has 8 aliphatic rings. The average Bonchev–Trinajstić information content (AvgIpc) is 1.55. The van der Waals surface area contributed by atoms with Gasteiger partial charge in [0.1, 0.15) is 45.2 Å². The van der Waals surface area contributed by atoms with Crippen LogP contribution in [0, 0.1) is 0 Å². The van der Waals surface area contributed by atoms with Crippen LogP contribution in [0.15, 0.2) is 341 Å². The largest absolute Gasteiger partial charge is 0.274 e. The van der Waals surface area contributed by atoms with E-state index in [0.717, 1.165) is 163 Å². The molecule has 36 rings (SSSR count). The van der Waals surface area contributed by atoms with Gasteiger partial charge in [-0.1, -0.05) is 176 Å². The molecule has 140 heavy (non-hydrogen) atoms. The molecular formula is C124H72N16. The Bertz CT molecular complexity index is 10300. The number of aromatic nitrogens is 16. The second kappa shape index (κ2) is 27.7. The Morgan fingerprint density at radius 3 is 0.893 bits per heavy atom. The fourth-order valence-corrected chi connectivity index (χ4v) is 26.0. The molecule has 0 aliphatic heterocycles. The van der Waals surface area contributed by atoms with Crippen LogP contribution in [0.3, 0.4) is 0 Å². The summed E-state index contributed by atoms with van der Waals surface area (Å²) >= 11 is 0. The van der Waals surface area contributed by atoms with Gasteiger partial charge in [0, 0.05) is 92.7 Å². The van der Waals surface area contributed by atoms with E-state index in [-0.39, 0.29) is 0 Å². The van der Waals surface area contributed by atoms with Gasteiger partial charge in [-0.3, -0.25) is 17.6 Å². The lowest BCUT2D eigenvalue weighted by Gasteiger charge is -2.13. The van der Waals surface area contributed by atoms with Crippen LogP contribution in [0.2, 0.25) is 0 Å². The summed E-state index contributed by atoms with van der Waals surface area (Å²) in [6.07, 6.45) is 22.6. The molecule has 0 amide bonds. The molecule has 0 bridgehead atoms. The van der Waals surface area contributed by atoms with Gasteiger partial charge in [-0.2, -0.15) is 0 Å². The minimum Gasteiger partial charge on any atom is -0.274 e. The summed E-state index contributed by atoms with van der Waals surface area (Å²) in [4.78, 5) is 57.7. The topological polar surface area (TPSA) is 172 Å². The van der Waals surface area contributed by atoms with Crippen LogP contribution in [0.4, 0.5) is 0 Å². The van der Waals surface area contributed by atoms with E-state index in [1.807, 2.05) is 98.1 Å². The Morgan fingerprint density at radius 2 is 0.436 bits per heavy atom. The van der Waals surface area contributed by atoms with Gasteiger partial charge in [-0.15, -0.1) is 0 Å². The molecule has 0 spiro atoms. The number of hydrogen-bond acceptors (Lipinski definition) is 12. The van der Waals surface area contributed by atoms with Crippen LogP contribution in [0.5, 0.6) is 0 Å². The van der Waals surface area contributed by atoms with Crippen molar-refractivity contribution in [1.82, 2.24) is 77.4 Å². The van der Waals surface area contributed by atoms with E-state index in [1.165, 1.54) is 221 Å². The van der Waals surface area contributed by atoms with Gasteiger partial charge in [0.05, 0.1) is 22.1 Å². The molecule has 0 fully saturated rings. The third-order valence-electron chi connectivity index (χ3n) is 31.7. The van der Waals surface area contributed by atoms with Crippen LogP contribution in [0.25, 0.3) is 243 Å². The summed E-state index contributed by atoms with van der Waals surface area (Å²) in [5.41, 5.74) is 59.0. The fourth-order valence-electron chi connectivity index (χ4n) is 26.0. The highest BCUT2D eigenvalue weighted by molar-refractivity contribution is 6.24. The highest BCUT2D eigenvalue weighted by atomic mass is 15.1. The number of pyridine rings is 12. The maximum absolute atomic E-state index is 5.06. The van der Waals surface area contributed by atoms with Crippen molar-refractivity contribution in [3.05, 3.63) is 430 Å². The van der Waals surface area contributed by atoms with Crippen LogP contribution >= 0.6 is 0 Å². The Labute approximate surface area is 796 Å². The zero-order valence-corrected chi connectivity index (χ0v) is 75.1. The number of fused-ring (bicyclic) bond motifs is 62. The zero-order valence-electron chi connectivity index (χ0n) is 75.1. The van der Waals surface area contributed by atoms with Crippen molar-refractivity contribution in [2.45, 2.75) is 51.4 Å². The number of hydrogen-bond donors (Lipinski definition) is 0. The monoisotopic (exact) mass is 1780 g/mol. The van der Waals surface area contributed by atoms with Crippen molar-refractivity contribution in [2.24, 2.45) is 0 Å². The van der Waals surface area contributed by atoms with Crippen LogP contribution in [-0.2, 0) is 51.4 Å². The molecule has 16 heterocycles. The first kappa shape index (κ1) is 75.1. The Hall–Kier alpha value is -18.3. The molecule has 8 aliphatic carbocycles. The highest BCUT2D eigenvalue weighted by Crippen LogP contribution is 2.57. The molecule has 0 radical (unpaired) electrons. The molecule has 0 N–H and O–H groups in total. The number of imidazole rings is 4. The molecule has 648 valence electrons. The molecule has 0 saturated carbocycles. The summed E-state index contributed by atoms with van der Waals surface area (Å²) in [6, 6.07) is 106. The van der Waals surface area contributed by atoms with Gasteiger partial charge in [0.2, 0.25) is 0 Å². The van der Waals surface area contributed by atoms with Gasteiger partial charge < -0.3 is 0 Å². The van der Waals surface area contributed by atoms with E-state index in [1.54, 1.807) is 0 Å². The lowest BCUT2D eigenvalue weighted by atomic mass is 9.94. The molecule has 12 aromatic carbocycles. The SMILES string of the molecule is c1ccc2c(c1)Cc1c-2ccc2c1Cc1ccc3c4cccnc4n4c5cccnc5nc4c3c1-2.c1ccc2c(c1)Cc1cc3c(cc1-2)-c1c(ccc2c4cccnc4n4c5cccnc5nc4c12)C3.c1ccc2c(c1)Cc1cc3c(cc1-2)Cc1ccc2c4cccnc4n4c5cccnc5nc4c2c1-3.c1ccc2c(c1)Cc1ccc3c(c1-2)Cc1ccc2c4cccnc4n4c5cccnc5nc4c2c1-3. The van der Waals surface area contributed by atoms with Crippen molar-refractivity contribution in [3.63, 3.8) is 0 Å². The van der Waals surface area contributed by atoms with Crippen LogP contribution < -0.4 is 0 Å². The Kier molecular flexibility index (Phi) is 14.9. The van der Waals surface area contributed by atoms with E-state index in [2.05, 4.69) is 280 Å². The lowest BCUT2D eigenvalue weighted by Crippen LogP contribution is -1.96. The number of benzene rings is 12. The first-order valence-corrected chi connectivity index (χ1v) is 48.2. The van der Waals surface area contributed by atoms with Gasteiger partial charge in [0.15, 0.2) is 22.6 Å². The third-order valence-corrected chi connectivity index (χ3v) is 31.7. The third kappa shape index (κ3) is 10.2. The molecule has 16 heteroatoms. The number of rotatable bonds is 0. The number of nitrogens with zero attached hydrogens (tertiary/aromatic N) is 16. The van der Waals surface area contributed by atoms with Crippen molar-refractivity contribution in [2.75, 3.05) is 0 Å². The smallest absolute Gasteiger partial charge is 0.178 e. The molecule has 0 unspecified atom stereocenters. The molecule has 16 aromatic heterocycles. The summed E-state index contributed by atoms with van der Waals surface area (Å²) in [7, 11) is 0. The Morgan fingerprint density at radius 1 is 0.157 bits per heavy atom.